The highest BCUT2D eigenvalue weighted by Crippen LogP contribution is 2.29. The van der Waals surface area contributed by atoms with Gasteiger partial charge in [-0.1, -0.05) is 24.3 Å². The van der Waals surface area contributed by atoms with Gasteiger partial charge in [0.2, 0.25) is 0 Å². The van der Waals surface area contributed by atoms with Crippen molar-refractivity contribution in [2.75, 3.05) is 18.9 Å². The van der Waals surface area contributed by atoms with Gasteiger partial charge in [0.1, 0.15) is 18.5 Å². The number of hydrogen-bond donors (Lipinski definition) is 1. The first kappa shape index (κ1) is 13.8. The first-order chi connectivity index (χ1) is 10.1. The second-order valence-electron chi connectivity index (χ2n) is 4.92. The van der Waals surface area contributed by atoms with Crippen LogP contribution in [0.3, 0.4) is 0 Å². The van der Waals surface area contributed by atoms with Gasteiger partial charge in [-0.2, -0.15) is 0 Å². The van der Waals surface area contributed by atoms with Crippen LogP contribution in [0.5, 0.6) is 5.75 Å². The first-order valence-corrected chi connectivity index (χ1v) is 6.72. The molecule has 5 heteroatoms. The Labute approximate surface area is 121 Å². The van der Waals surface area contributed by atoms with Gasteiger partial charge < -0.3 is 15.2 Å². The van der Waals surface area contributed by atoms with Crippen molar-refractivity contribution in [2.45, 2.75) is 12.5 Å². The van der Waals surface area contributed by atoms with Gasteiger partial charge in [0, 0.05) is 12.1 Å². The summed E-state index contributed by atoms with van der Waals surface area (Å²) >= 11 is 0. The van der Waals surface area contributed by atoms with Crippen LogP contribution in [-0.4, -0.2) is 13.2 Å². The highest BCUT2D eigenvalue weighted by Gasteiger charge is 2.21. The highest BCUT2D eigenvalue weighted by atomic mass is 19.1. The predicted octanol–water partition coefficient (Wildman–Crippen LogP) is 3.24. The monoisotopic (exact) mass is 291 g/mol. The minimum Gasteiger partial charge on any atom is -0.487 e. The zero-order chi connectivity index (χ0) is 14.8. The lowest BCUT2D eigenvalue weighted by Crippen LogP contribution is -2.21. The summed E-state index contributed by atoms with van der Waals surface area (Å²) in [6, 6.07) is 9.76. The Balaban J connectivity index is 1.76. The molecule has 1 aliphatic heterocycles. The molecule has 0 amide bonds. The predicted molar refractivity (Wildman–Crippen MR) is 75.1 cm³/mol. The van der Waals surface area contributed by atoms with E-state index < -0.39 is 11.6 Å². The zero-order valence-electron chi connectivity index (χ0n) is 11.3. The smallest absolute Gasteiger partial charge is 0.167 e. The fourth-order valence-corrected chi connectivity index (χ4v) is 2.43. The first-order valence-electron chi connectivity index (χ1n) is 6.72. The molecular weight excluding hydrogens is 276 g/mol. The molecule has 0 saturated carbocycles. The molecule has 0 bridgehead atoms. The van der Waals surface area contributed by atoms with E-state index in [1.54, 1.807) is 0 Å². The van der Waals surface area contributed by atoms with E-state index in [1.807, 2.05) is 24.3 Å². The van der Waals surface area contributed by atoms with Gasteiger partial charge in [0.15, 0.2) is 11.6 Å². The van der Waals surface area contributed by atoms with Crippen LogP contribution < -0.4 is 10.5 Å². The Bertz CT molecular complexity index is 661. The quantitative estimate of drug-likeness (QED) is 0.883. The number of nitrogens with two attached hydrogens (primary N) is 1. The maximum Gasteiger partial charge on any atom is 0.167 e. The van der Waals surface area contributed by atoms with Crippen molar-refractivity contribution in [3.63, 3.8) is 0 Å². The molecule has 1 aliphatic rings. The molecule has 0 aliphatic carbocycles. The molecule has 1 heterocycles. The number of hydrogen-bond acceptors (Lipinski definition) is 3. The number of benzene rings is 2. The van der Waals surface area contributed by atoms with E-state index in [4.69, 9.17) is 15.2 Å². The molecule has 1 unspecified atom stereocenters. The molecule has 3 rings (SSSR count). The molecule has 1 atom stereocenters. The Hall–Kier alpha value is -2.14. The summed E-state index contributed by atoms with van der Waals surface area (Å²) in [6.45, 7) is 0.709. The number of ether oxygens (including phenoxy) is 2. The van der Waals surface area contributed by atoms with Crippen LogP contribution >= 0.6 is 0 Å². The van der Waals surface area contributed by atoms with Gasteiger partial charge in [-0.3, -0.25) is 0 Å². The van der Waals surface area contributed by atoms with Crippen molar-refractivity contribution >= 4 is 5.69 Å². The zero-order valence-corrected chi connectivity index (χ0v) is 11.3. The lowest BCUT2D eigenvalue weighted by molar-refractivity contribution is 0.00929. The van der Waals surface area contributed by atoms with E-state index in [-0.39, 0.29) is 24.1 Å². The minimum atomic E-state index is -0.698. The van der Waals surface area contributed by atoms with Crippen LogP contribution in [0, 0.1) is 11.6 Å². The lowest BCUT2D eigenvalue weighted by Gasteiger charge is -2.26. The molecule has 21 heavy (non-hydrogen) atoms. The normalized spacial score (nSPS) is 17.3. The van der Waals surface area contributed by atoms with Crippen molar-refractivity contribution in [1.82, 2.24) is 0 Å². The summed E-state index contributed by atoms with van der Waals surface area (Å²) in [5.74, 6) is -1.54. The van der Waals surface area contributed by atoms with E-state index in [2.05, 4.69) is 0 Å². The summed E-state index contributed by atoms with van der Waals surface area (Å²) in [4.78, 5) is 0. The van der Waals surface area contributed by atoms with Gasteiger partial charge in [-0.15, -0.1) is 0 Å². The van der Waals surface area contributed by atoms with E-state index in [1.165, 1.54) is 5.56 Å². The van der Waals surface area contributed by atoms with Crippen LogP contribution in [0.15, 0.2) is 36.4 Å². The molecule has 110 valence electrons. The molecule has 0 aromatic heterocycles. The standard InChI is InChI=1S/C16H15F2NO2/c17-12-8-15(13(18)7-14(12)19)21-9-16-11-4-2-1-3-10(11)5-6-20-16/h1-4,7-8,16H,5-6,9,19H2. The van der Waals surface area contributed by atoms with Gasteiger partial charge in [-0.25, -0.2) is 8.78 Å². The van der Waals surface area contributed by atoms with Gasteiger partial charge in [-0.05, 0) is 17.5 Å². The van der Waals surface area contributed by atoms with Crippen molar-refractivity contribution < 1.29 is 18.3 Å². The SMILES string of the molecule is Nc1cc(F)c(OCC2OCCc3ccccc32)cc1F. The third-order valence-corrected chi connectivity index (χ3v) is 3.53. The average Bonchev–Trinajstić information content (AvgIpc) is 2.49. The van der Waals surface area contributed by atoms with Crippen LogP contribution in [0.4, 0.5) is 14.5 Å². The van der Waals surface area contributed by atoms with Crippen molar-refractivity contribution in [3.05, 3.63) is 59.2 Å². The third-order valence-electron chi connectivity index (χ3n) is 3.53. The number of anilines is 1. The fraction of sp³-hybridized carbons (Fsp3) is 0.250. The second-order valence-corrected chi connectivity index (χ2v) is 4.92. The van der Waals surface area contributed by atoms with Crippen LogP contribution in [0.25, 0.3) is 0 Å². The lowest BCUT2D eigenvalue weighted by atomic mass is 9.98. The van der Waals surface area contributed by atoms with E-state index in [0.717, 1.165) is 24.1 Å². The van der Waals surface area contributed by atoms with E-state index >= 15 is 0 Å². The van der Waals surface area contributed by atoms with E-state index in [9.17, 15) is 8.78 Å². The molecule has 2 aromatic carbocycles. The van der Waals surface area contributed by atoms with Crippen molar-refractivity contribution in [1.29, 1.82) is 0 Å². The topological polar surface area (TPSA) is 44.5 Å². The molecule has 2 aromatic rings. The van der Waals surface area contributed by atoms with E-state index in [0.29, 0.717) is 6.61 Å². The Kier molecular flexibility index (Phi) is 3.75. The second kappa shape index (κ2) is 5.69. The summed E-state index contributed by atoms with van der Waals surface area (Å²) in [7, 11) is 0. The number of nitrogen functional groups attached to an aromatic ring is 1. The molecule has 3 nitrogen and oxygen atoms in total. The fourth-order valence-electron chi connectivity index (χ4n) is 2.43. The molecule has 0 radical (unpaired) electrons. The Morgan fingerprint density at radius 3 is 2.86 bits per heavy atom. The highest BCUT2D eigenvalue weighted by molar-refractivity contribution is 5.44. The number of halogens is 2. The Morgan fingerprint density at radius 1 is 1.19 bits per heavy atom. The largest absolute Gasteiger partial charge is 0.487 e. The average molecular weight is 291 g/mol. The van der Waals surface area contributed by atoms with Crippen LogP contribution in [0.2, 0.25) is 0 Å². The van der Waals surface area contributed by atoms with Crippen LogP contribution in [0.1, 0.15) is 17.2 Å². The van der Waals surface area contributed by atoms with Gasteiger partial charge in [0.25, 0.3) is 0 Å². The maximum atomic E-state index is 13.7. The van der Waals surface area contributed by atoms with Gasteiger partial charge >= 0.3 is 0 Å². The van der Waals surface area contributed by atoms with Crippen molar-refractivity contribution in [2.24, 2.45) is 0 Å². The summed E-state index contributed by atoms with van der Waals surface area (Å²) in [5.41, 5.74) is 7.28. The minimum absolute atomic E-state index is 0.122. The maximum absolute atomic E-state index is 13.7. The summed E-state index contributed by atoms with van der Waals surface area (Å²) in [5, 5.41) is 0. The molecular formula is C16H15F2NO2. The molecule has 0 fully saturated rings. The molecule has 0 spiro atoms. The van der Waals surface area contributed by atoms with Gasteiger partial charge in [0.05, 0.1) is 12.3 Å². The molecule has 2 N–H and O–H groups in total. The summed E-state index contributed by atoms with van der Waals surface area (Å²) in [6.07, 6.45) is 0.562. The number of fused-ring (bicyclic) bond motifs is 1. The molecule has 0 saturated heterocycles. The van der Waals surface area contributed by atoms with Crippen LogP contribution in [-0.2, 0) is 11.2 Å². The number of rotatable bonds is 3. The summed E-state index contributed by atoms with van der Waals surface area (Å²) < 4.78 is 38.1. The van der Waals surface area contributed by atoms with Crippen molar-refractivity contribution in [3.8, 4) is 5.75 Å². The third kappa shape index (κ3) is 2.83. The Morgan fingerprint density at radius 2 is 2.00 bits per heavy atom.